The van der Waals surface area contributed by atoms with Gasteiger partial charge in [0.05, 0.1) is 0 Å². The molecule has 0 amide bonds. The van der Waals surface area contributed by atoms with Crippen molar-refractivity contribution in [2.75, 3.05) is 19.0 Å². The molecule has 0 unspecified atom stereocenters. The number of nitrogens with zero attached hydrogens (tertiary/aromatic N) is 2. The smallest absolute Gasteiger partial charge is 0.208 e. The molecule has 24 heavy (non-hydrogen) atoms. The highest BCUT2D eigenvalue weighted by Crippen LogP contribution is 2.32. The van der Waals surface area contributed by atoms with Gasteiger partial charge in [0.25, 0.3) is 0 Å². The topological polar surface area (TPSA) is 7.12 Å². The molecule has 0 radical (unpaired) electrons. The highest BCUT2D eigenvalue weighted by atomic mass is 79.9. The second-order valence-electron chi connectivity index (χ2n) is 6.31. The van der Waals surface area contributed by atoms with E-state index in [0.29, 0.717) is 0 Å². The summed E-state index contributed by atoms with van der Waals surface area (Å²) in [6.07, 6.45) is 5.64. The lowest BCUT2D eigenvalue weighted by Gasteiger charge is -2.16. The third-order valence-corrected chi connectivity index (χ3v) is 4.64. The minimum Gasteiger partial charge on any atom is -1.00 e. The molecule has 0 atom stereocenters. The number of benzene rings is 2. The zero-order chi connectivity index (χ0) is 15.8. The number of aromatic nitrogens is 1. The Labute approximate surface area is 153 Å². The van der Waals surface area contributed by atoms with Crippen LogP contribution >= 0.6 is 0 Å². The van der Waals surface area contributed by atoms with E-state index >= 15 is 0 Å². The third-order valence-electron chi connectivity index (χ3n) is 4.64. The summed E-state index contributed by atoms with van der Waals surface area (Å²) >= 11 is 0. The van der Waals surface area contributed by atoms with Crippen LogP contribution in [0.4, 0.5) is 5.69 Å². The first-order valence-corrected chi connectivity index (χ1v) is 8.12. The molecule has 1 aromatic heterocycles. The molecule has 1 aliphatic heterocycles. The summed E-state index contributed by atoms with van der Waals surface area (Å²) in [6.45, 7) is 1.08. The van der Waals surface area contributed by atoms with E-state index in [-0.39, 0.29) is 17.0 Å². The second kappa shape index (κ2) is 6.78. The zero-order valence-electron chi connectivity index (χ0n) is 14.0. The van der Waals surface area contributed by atoms with Gasteiger partial charge >= 0.3 is 0 Å². The molecular formula is C21H21BrN2. The number of allylic oxidation sites excluding steroid dienone is 1. The lowest BCUT2D eigenvalue weighted by atomic mass is 9.99. The molecule has 2 nitrogen and oxygen atoms in total. The van der Waals surface area contributed by atoms with Gasteiger partial charge in [0.1, 0.15) is 0 Å². The van der Waals surface area contributed by atoms with E-state index in [9.17, 15) is 0 Å². The number of anilines is 1. The van der Waals surface area contributed by atoms with E-state index in [1.54, 1.807) is 0 Å². The van der Waals surface area contributed by atoms with Crippen molar-refractivity contribution in [2.24, 2.45) is 0 Å². The van der Waals surface area contributed by atoms with Crippen LogP contribution in [0.25, 0.3) is 22.4 Å². The first-order valence-electron chi connectivity index (χ1n) is 8.12. The third kappa shape index (κ3) is 2.84. The molecule has 0 aliphatic carbocycles. The molecular weight excluding hydrogens is 360 g/mol. The first-order chi connectivity index (χ1) is 11.2. The lowest BCUT2D eigenvalue weighted by Crippen LogP contribution is -3.00. The predicted molar refractivity (Wildman–Crippen MR) is 97.4 cm³/mol. The monoisotopic (exact) mass is 380 g/mol. The Balaban J connectivity index is 0.00000169. The van der Waals surface area contributed by atoms with Crippen LogP contribution in [0.1, 0.15) is 17.7 Å². The van der Waals surface area contributed by atoms with E-state index < -0.39 is 0 Å². The molecule has 1 aliphatic rings. The number of halogens is 1. The van der Waals surface area contributed by atoms with Gasteiger partial charge in [0.15, 0.2) is 12.7 Å². The number of aryl methyl sites for hydroxylation is 1. The molecule has 3 aromatic rings. The van der Waals surface area contributed by atoms with Crippen molar-refractivity contribution in [2.45, 2.75) is 13.0 Å². The van der Waals surface area contributed by atoms with Gasteiger partial charge in [-0.05, 0) is 29.2 Å². The van der Waals surface area contributed by atoms with Crippen molar-refractivity contribution >= 4 is 28.1 Å². The Bertz CT molecular complexity index is 913. The highest BCUT2D eigenvalue weighted by Gasteiger charge is 2.23. The lowest BCUT2D eigenvalue weighted by molar-refractivity contribution is -0.689. The van der Waals surface area contributed by atoms with E-state index in [0.717, 1.165) is 13.0 Å². The van der Waals surface area contributed by atoms with Gasteiger partial charge in [-0.2, -0.15) is 4.57 Å². The normalized spacial score (nSPS) is 14.5. The molecule has 122 valence electrons. The van der Waals surface area contributed by atoms with Crippen LogP contribution in [-0.4, -0.2) is 14.1 Å². The van der Waals surface area contributed by atoms with Crippen molar-refractivity contribution in [1.29, 1.82) is 0 Å². The maximum Gasteiger partial charge on any atom is 0.208 e. The van der Waals surface area contributed by atoms with Crippen LogP contribution in [0.5, 0.6) is 0 Å². The van der Waals surface area contributed by atoms with Gasteiger partial charge < -0.3 is 21.9 Å². The fraction of sp³-hybridized carbons (Fsp3) is 0.190. The van der Waals surface area contributed by atoms with Crippen molar-refractivity contribution < 1.29 is 21.5 Å². The van der Waals surface area contributed by atoms with Gasteiger partial charge in [-0.15, -0.1) is 0 Å². The van der Waals surface area contributed by atoms with E-state index in [1.807, 2.05) is 0 Å². The van der Waals surface area contributed by atoms with Crippen molar-refractivity contribution in [3.8, 4) is 0 Å². The van der Waals surface area contributed by atoms with Gasteiger partial charge in [0, 0.05) is 49.3 Å². The quantitative estimate of drug-likeness (QED) is 0.604. The summed E-state index contributed by atoms with van der Waals surface area (Å²) in [6, 6.07) is 19.6. The Morgan fingerprint density at radius 1 is 0.917 bits per heavy atom. The second-order valence-corrected chi connectivity index (χ2v) is 6.31. The van der Waals surface area contributed by atoms with E-state index in [4.69, 9.17) is 0 Å². The molecule has 0 saturated carbocycles. The standard InChI is InChI=1S/C21H21N2.BrH/c1-22(2)21-11-10-16(18-7-3-4-8-19(18)21)15-17-12-14-23-13-6-5-9-20(17)23;/h3-11,13,15H,12,14H2,1-2H3;1H/q+1;/p-1. The van der Waals surface area contributed by atoms with Gasteiger partial charge in [-0.1, -0.05) is 30.3 Å². The van der Waals surface area contributed by atoms with Crippen LogP contribution < -0.4 is 26.4 Å². The van der Waals surface area contributed by atoms with E-state index in [1.165, 1.54) is 33.3 Å². The van der Waals surface area contributed by atoms with Crippen molar-refractivity contribution in [1.82, 2.24) is 0 Å². The summed E-state index contributed by atoms with van der Waals surface area (Å²) in [5.74, 6) is 0. The Morgan fingerprint density at radius 2 is 1.67 bits per heavy atom. The average Bonchev–Trinajstić information content (AvgIpc) is 2.98. The maximum absolute atomic E-state index is 2.36. The summed E-state index contributed by atoms with van der Waals surface area (Å²) in [4.78, 5) is 2.18. The predicted octanol–water partition coefficient (Wildman–Crippen LogP) is 1.14. The fourth-order valence-electron chi connectivity index (χ4n) is 3.49. The number of rotatable bonds is 2. The molecule has 0 N–H and O–H groups in total. The highest BCUT2D eigenvalue weighted by molar-refractivity contribution is 6.01. The fourth-order valence-corrected chi connectivity index (χ4v) is 3.49. The molecule has 4 rings (SSSR count). The average molecular weight is 381 g/mol. The Kier molecular flexibility index (Phi) is 4.72. The SMILES string of the molecule is CN(C)c1ccc(C=C2CC[n+]3ccccc32)c2ccccc12.[Br-]. The van der Waals surface area contributed by atoms with Crippen LogP contribution in [0.15, 0.2) is 60.8 Å². The molecule has 2 heterocycles. The number of hydrogen-bond acceptors (Lipinski definition) is 1. The molecule has 0 bridgehead atoms. The first kappa shape index (κ1) is 16.7. The minimum atomic E-state index is 0. The number of hydrogen-bond donors (Lipinski definition) is 0. The van der Waals surface area contributed by atoms with Crippen LogP contribution in [0, 0.1) is 0 Å². The van der Waals surface area contributed by atoms with Gasteiger partial charge in [-0.3, -0.25) is 0 Å². The number of fused-ring (bicyclic) bond motifs is 2. The summed E-state index contributed by atoms with van der Waals surface area (Å²) < 4.78 is 2.34. The minimum absolute atomic E-state index is 0. The summed E-state index contributed by atoms with van der Waals surface area (Å²) in [5.41, 5.74) is 5.34. The molecule has 0 saturated heterocycles. The maximum atomic E-state index is 2.36. The molecule has 3 heteroatoms. The Morgan fingerprint density at radius 3 is 2.46 bits per heavy atom. The van der Waals surface area contributed by atoms with E-state index in [2.05, 4.69) is 90.4 Å². The van der Waals surface area contributed by atoms with Crippen LogP contribution in [-0.2, 0) is 6.54 Å². The van der Waals surface area contributed by atoms with Gasteiger partial charge in [0.2, 0.25) is 5.69 Å². The van der Waals surface area contributed by atoms with Crippen molar-refractivity contribution in [3.05, 3.63) is 72.1 Å². The zero-order valence-corrected chi connectivity index (χ0v) is 15.6. The summed E-state index contributed by atoms with van der Waals surface area (Å²) in [7, 11) is 4.20. The number of pyridine rings is 1. The largest absolute Gasteiger partial charge is 1.00 e. The van der Waals surface area contributed by atoms with Gasteiger partial charge in [-0.25, -0.2) is 0 Å². The summed E-state index contributed by atoms with van der Waals surface area (Å²) in [5, 5.41) is 2.63. The van der Waals surface area contributed by atoms with Crippen LogP contribution in [0.2, 0.25) is 0 Å². The van der Waals surface area contributed by atoms with Crippen molar-refractivity contribution in [3.63, 3.8) is 0 Å². The molecule has 0 spiro atoms. The molecule has 2 aromatic carbocycles. The van der Waals surface area contributed by atoms with Crippen LogP contribution in [0.3, 0.4) is 0 Å². The molecule has 0 fully saturated rings. The Hall–Kier alpha value is -2.13.